The number of esters is 1. The molecule has 150 valence electrons. The summed E-state index contributed by atoms with van der Waals surface area (Å²) >= 11 is 0. The van der Waals surface area contributed by atoms with Gasteiger partial charge in [-0.2, -0.15) is 0 Å². The maximum Gasteiger partial charge on any atom is 0.325 e. The molecule has 2 unspecified atom stereocenters. The molecule has 2 aromatic rings. The normalized spacial score (nSPS) is 18.9. The van der Waals surface area contributed by atoms with Gasteiger partial charge in [0, 0.05) is 17.5 Å². The van der Waals surface area contributed by atoms with Crippen LogP contribution in [0.2, 0.25) is 0 Å². The van der Waals surface area contributed by atoms with Crippen LogP contribution in [-0.2, 0) is 14.3 Å². The Morgan fingerprint density at radius 1 is 1.10 bits per heavy atom. The Kier molecular flexibility index (Phi) is 6.25. The first-order valence-electron chi connectivity index (χ1n) is 8.98. The quantitative estimate of drug-likeness (QED) is 0.527. The maximum atomic E-state index is 12.6. The average molecular weight is 396 g/mol. The van der Waals surface area contributed by atoms with Crippen molar-refractivity contribution in [3.8, 4) is 5.75 Å². The van der Waals surface area contributed by atoms with Crippen LogP contribution in [0, 0.1) is 0 Å². The van der Waals surface area contributed by atoms with E-state index in [1.807, 2.05) is 0 Å². The van der Waals surface area contributed by atoms with Gasteiger partial charge in [0.15, 0.2) is 6.23 Å². The molecule has 0 saturated carbocycles. The van der Waals surface area contributed by atoms with Crippen molar-refractivity contribution in [3.05, 3.63) is 71.4 Å². The highest BCUT2D eigenvalue weighted by molar-refractivity contribution is 5.96. The number of hydrogen-bond donors (Lipinski definition) is 4. The van der Waals surface area contributed by atoms with Crippen molar-refractivity contribution in [1.29, 1.82) is 0 Å². The van der Waals surface area contributed by atoms with Gasteiger partial charge in [-0.25, -0.2) is 0 Å². The van der Waals surface area contributed by atoms with Crippen LogP contribution in [0.1, 0.15) is 28.8 Å². The molecule has 1 heterocycles. The van der Waals surface area contributed by atoms with Gasteiger partial charge in [0.1, 0.15) is 11.8 Å². The molecule has 1 aliphatic heterocycles. The number of carbonyl (C=O) groups excluding carboxylic acids is 2. The summed E-state index contributed by atoms with van der Waals surface area (Å²) in [5.74, 6) is -2.05. The molecular weight excluding hydrogens is 376 g/mol. The van der Waals surface area contributed by atoms with Crippen LogP contribution in [0.25, 0.3) is 6.08 Å². The molecule has 1 fully saturated rings. The number of cyclic esters (lactones) is 1. The predicted octanol–water partition coefficient (Wildman–Crippen LogP) is 1.87. The van der Waals surface area contributed by atoms with E-state index < -0.39 is 30.1 Å². The lowest BCUT2D eigenvalue weighted by molar-refractivity contribution is -0.141. The molecule has 8 heteroatoms. The summed E-state index contributed by atoms with van der Waals surface area (Å²) in [6.45, 7) is 0. The second-order valence-corrected chi connectivity index (χ2v) is 6.45. The molecule has 0 spiro atoms. The number of carboxylic acids is 1. The van der Waals surface area contributed by atoms with Crippen molar-refractivity contribution in [2.75, 3.05) is 0 Å². The first-order chi connectivity index (χ1) is 13.9. The van der Waals surface area contributed by atoms with E-state index in [1.165, 1.54) is 12.1 Å². The molecule has 0 aliphatic carbocycles. The Labute approximate surface area is 166 Å². The number of phenolic OH excluding ortho intramolecular Hbond substituents is 1. The van der Waals surface area contributed by atoms with Crippen molar-refractivity contribution < 1.29 is 29.3 Å². The molecule has 0 radical (unpaired) electrons. The third-order valence-corrected chi connectivity index (χ3v) is 4.34. The summed E-state index contributed by atoms with van der Waals surface area (Å²) in [5.41, 5.74) is 1.04. The lowest BCUT2D eigenvalue weighted by Crippen LogP contribution is -2.38. The number of benzene rings is 2. The van der Waals surface area contributed by atoms with Crippen molar-refractivity contribution in [2.24, 2.45) is 0 Å². The number of hydrogen-bond acceptors (Lipinski definition) is 6. The number of nitrogens with one attached hydrogen (secondary N) is 2. The van der Waals surface area contributed by atoms with Crippen molar-refractivity contribution in [2.45, 2.75) is 25.1 Å². The monoisotopic (exact) mass is 396 g/mol. The smallest absolute Gasteiger partial charge is 0.325 e. The van der Waals surface area contributed by atoms with E-state index in [4.69, 9.17) is 9.84 Å². The zero-order valence-electron chi connectivity index (χ0n) is 15.4. The fourth-order valence-electron chi connectivity index (χ4n) is 2.85. The zero-order valence-corrected chi connectivity index (χ0v) is 15.4. The molecular formula is C21H20N2O6. The predicted molar refractivity (Wildman–Crippen MR) is 104 cm³/mol. The highest BCUT2D eigenvalue weighted by Crippen LogP contribution is 2.22. The lowest BCUT2D eigenvalue weighted by Gasteiger charge is -2.17. The number of aromatic hydroxyl groups is 1. The minimum absolute atomic E-state index is 0.00860. The van der Waals surface area contributed by atoms with Crippen LogP contribution >= 0.6 is 0 Å². The summed E-state index contributed by atoms with van der Waals surface area (Å²) in [7, 11) is 0. The number of carboxylic acid groups (broad SMARTS) is 1. The van der Waals surface area contributed by atoms with Gasteiger partial charge in [-0.15, -0.1) is 0 Å². The van der Waals surface area contributed by atoms with Gasteiger partial charge in [-0.1, -0.05) is 36.4 Å². The van der Waals surface area contributed by atoms with Crippen LogP contribution in [0.4, 0.5) is 0 Å². The minimum atomic E-state index is -1.02. The van der Waals surface area contributed by atoms with E-state index in [-0.39, 0.29) is 24.3 Å². The topological polar surface area (TPSA) is 125 Å². The van der Waals surface area contributed by atoms with Gasteiger partial charge in [0.05, 0.1) is 5.70 Å². The fraction of sp³-hybridized carbons (Fsp3) is 0.190. The highest BCUT2D eigenvalue weighted by Gasteiger charge is 2.36. The van der Waals surface area contributed by atoms with Gasteiger partial charge in [0.2, 0.25) is 0 Å². The number of rotatable bonds is 7. The number of para-hydroxylation sites is 1. The molecule has 1 saturated heterocycles. The summed E-state index contributed by atoms with van der Waals surface area (Å²) in [6, 6.07) is 14.2. The molecule has 4 N–H and O–H groups in total. The SMILES string of the molecule is O=C(O)CCC1NC(/C(=C/c2ccccc2O)NC(=O)c2ccccc2)OC1=O. The number of aliphatic carboxylic acids is 1. The van der Waals surface area contributed by atoms with Crippen LogP contribution in [0.3, 0.4) is 0 Å². The fourth-order valence-corrected chi connectivity index (χ4v) is 2.85. The van der Waals surface area contributed by atoms with Crippen molar-refractivity contribution in [1.82, 2.24) is 10.6 Å². The van der Waals surface area contributed by atoms with Gasteiger partial charge in [-0.05, 0) is 30.7 Å². The number of ether oxygens (including phenoxy) is 1. The van der Waals surface area contributed by atoms with Crippen molar-refractivity contribution >= 4 is 23.9 Å². The van der Waals surface area contributed by atoms with Gasteiger partial charge in [0.25, 0.3) is 5.91 Å². The van der Waals surface area contributed by atoms with E-state index >= 15 is 0 Å². The van der Waals surface area contributed by atoms with Crippen LogP contribution in [0.15, 0.2) is 60.3 Å². The summed E-state index contributed by atoms with van der Waals surface area (Å²) in [4.78, 5) is 35.5. The van der Waals surface area contributed by atoms with Gasteiger partial charge < -0.3 is 20.3 Å². The van der Waals surface area contributed by atoms with E-state index in [0.717, 1.165) is 0 Å². The van der Waals surface area contributed by atoms with E-state index in [0.29, 0.717) is 11.1 Å². The van der Waals surface area contributed by atoms with E-state index in [2.05, 4.69) is 10.6 Å². The first kappa shape index (κ1) is 20.1. The minimum Gasteiger partial charge on any atom is -0.507 e. The Bertz CT molecular complexity index is 941. The first-order valence-corrected chi connectivity index (χ1v) is 8.98. The van der Waals surface area contributed by atoms with Gasteiger partial charge >= 0.3 is 11.9 Å². The Balaban J connectivity index is 1.85. The highest BCUT2D eigenvalue weighted by atomic mass is 16.6. The zero-order chi connectivity index (χ0) is 20.8. The molecule has 3 rings (SSSR count). The Hall–Kier alpha value is -3.65. The molecule has 0 bridgehead atoms. The number of carbonyl (C=O) groups is 3. The third kappa shape index (κ3) is 5.20. The lowest BCUT2D eigenvalue weighted by atomic mass is 10.1. The molecule has 2 atom stereocenters. The van der Waals surface area contributed by atoms with Crippen molar-refractivity contribution in [3.63, 3.8) is 0 Å². The molecule has 1 aliphatic rings. The Morgan fingerprint density at radius 3 is 2.48 bits per heavy atom. The van der Waals surface area contributed by atoms with Crippen LogP contribution < -0.4 is 10.6 Å². The van der Waals surface area contributed by atoms with E-state index in [1.54, 1.807) is 48.5 Å². The number of amides is 1. The Morgan fingerprint density at radius 2 is 1.79 bits per heavy atom. The largest absolute Gasteiger partial charge is 0.507 e. The second kappa shape index (κ2) is 9.03. The summed E-state index contributed by atoms with van der Waals surface area (Å²) in [6.07, 6.45) is 0.365. The molecule has 2 aromatic carbocycles. The summed E-state index contributed by atoms with van der Waals surface area (Å²) in [5, 5.41) is 24.5. The third-order valence-electron chi connectivity index (χ3n) is 4.34. The number of phenols is 1. The van der Waals surface area contributed by atoms with E-state index in [9.17, 15) is 19.5 Å². The summed E-state index contributed by atoms with van der Waals surface area (Å²) < 4.78 is 5.31. The van der Waals surface area contributed by atoms with Crippen LogP contribution in [-0.4, -0.2) is 40.3 Å². The average Bonchev–Trinajstić information content (AvgIpc) is 3.08. The molecule has 29 heavy (non-hydrogen) atoms. The standard InChI is InChI=1S/C21H20N2O6/c24-17-9-5-4-8-14(17)12-16(22-19(27)13-6-2-1-3-7-13)20-23-15(21(28)29-20)10-11-18(25)26/h1-9,12,15,20,23-24H,10-11H2,(H,22,27)(H,25,26)/b16-12-. The molecule has 8 nitrogen and oxygen atoms in total. The van der Waals surface area contributed by atoms with Crippen LogP contribution in [0.5, 0.6) is 5.75 Å². The molecule has 1 amide bonds. The molecule has 0 aromatic heterocycles. The van der Waals surface area contributed by atoms with Gasteiger partial charge in [-0.3, -0.25) is 19.7 Å². The second-order valence-electron chi connectivity index (χ2n) is 6.45. The maximum absolute atomic E-state index is 12.6.